The first-order valence-electron chi connectivity index (χ1n) is 9.11. The van der Waals surface area contributed by atoms with E-state index in [2.05, 4.69) is 5.32 Å². The molecule has 3 aromatic rings. The number of alkyl halides is 3. The summed E-state index contributed by atoms with van der Waals surface area (Å²) in [6.07, 6.45) is -3.54. The van der Waals surface area contributed by atoms with E-state index in [4.69, 9.17) is 14.4 Å². The maximum Gasteiger partial charge on any atom is 0.418 e. The number of nitrogens with zero attached hydrogens (tertiary/aromatic N) is 2. The van der Waals surface area contributed by atoms with Gasteiger partial charge >= 0.3 is 6.18 Å². The molecule has 1 N–H and O–H groups in total. The molecule has 0 unspecified atom stereocenters. The average Bonchev–Trinajstić information content (AvgIpc) is 3.23. The van der Waals surface area contributed by atoms with Gasteiger partial charge in [0.1, 0.15) is 35.5 Å². The molecule has 0 aliphatic carbocycles. The highest BCUT2D eigenvalue weighted by Gasteiger charge is 2.33. The predicted molar refractivity (Wildman–Crippen MR) is 108 cm³/mol. The van der Waals surface area contributed by atoms with E-state index in [9.17, 15) is 23.2 Å². The largest absolute Gasteiger partial charge is 0.486 e. The number of rotatable bonds is 6. The molecule has 0 fully saturated rings. The van der Waals surface area contributed by atoms with E-state index < -0.39 is 28.9 Å². The second-order valence-corrected chi connectivity index (χ2v) is 6.40. The van der Waals surface area contributed by atoms with Gasteiger partial charge in [0.05, 0.1) is 22.9 Å². The average molecular weight is 437 g/mol. The summed E-state index contributed by atoms with van der Waals surface area (Å²) in [7, 11) is 0. The lowest BCUT2D eigenvalue weighted by Gasteiger charge is -2.13. The summed E-state index contributed by atoms with van der Waals surface area (Å²) < 4.78 is 50.3. The Bertz CT molecular complexity index is 1230. The molecule has 0 saturated heterocycles. The third-order valence-corrected chi connectivity index (χ3v) is 4.18. The Morgan fingerprint density at radius 1 is 1.06 bits per heavy atom. The molecule has 2 aromatic carbocycles. The molecule has 9 heteroatoms. The number of halogens is 3. The van der Waals surface area contributed by atoms with Crippen molar-refractivity contribution in [3.63, 3.8) is 0 Å². The molecule has 32 heavy (non-hydrogen) atoms. The fourth-order valence-corrected chi connectivity index (χ4v) is 2.65. The van der Waals surface area contributed by atoms with Crippen LogP contribution < -0.4 is 10.1 Å². The highest BCUT2D eigenvalue weighted by molar-refractivity contribution is 6.09. The van der Waals surface area contributed by atoms with Crippen LogP contribution in [0.15, 0.2) is 70.7 Å². The number of hydrogen-bond acceptors (Lipinski definition) is 5. The molecule has 0 bridgehead atoms. The van der Waals surface area contributed by atoms with Crippen molar-refractivity contribution in [3.8, 4) is 17.9 Å². The Hall–Kier alpha value is -4.50. The highest BCUT2D eigenvalue weighted by atomic mass is 19.4. The molecule has 1 amide bonds. The van der Waals surface area contributed by atoms with E-state index in [0.717, 1.165) is 18.2 Å². The zero-order valence-electron chi connectivity index (χ0n) is 16.3. The molecule has 6 nitrogen and oxygen atoms in total. The van der Waals surface area contributed by atoms with Crippen LogP contribution in [0.5, 0.6) is 5.75 Å². The van der Waals surface area contributed by atoms with Gasteiger partial charge in [-0.1, -0.05) is 12.1 Å². The number of hydrogen-bond donors (Lipinski definition) is 1. The Kier molecular flexibility index (Phi) is 6.62. The number of carbonyl (C=O) groups excluding carboxylic acids is 1. The number of carbonyl (C=O) groups is 1. The monoisotopic (exact) mass is 437 g/mol. The van der Waals surface area contributed by atoms with Crippen molar-refractivity contribution < 1.29 is 27.1 Å². The summed E-state index contributed by atoms with van der Waals surface area (Å²) in [5.74, 6) is 0.0499. The molecular formula is C23H14F3N3O3. The van der Waals surface area contributed by atoms with Crippen LogP contribution in [0.4, 0.5) is 18.9 Å². The van der Waals surface area contributed by atoms with Crippen LogP contribution in [-0.4, -0.2) is 5.91 Å². The highest BCUT2D eigenvalue weighted by Crippen LogP contribution is 2.34. The van der Waals surface area contributed by atoms with E-state index in [-0.39, 0.29) is 12.4 Å². The predicted octanol–water partition coefficient (Wildman–Crippen LogP) is 5.29. The first kappa shape index (κ1) is 22.2. The van der Waals surface area contributed by atoms with E-state index in [1.54, 1.807) is 36.4 Å². The van der Waals surface area contributed by atoms with Crippen LogP contribution in [0.2, 0.25) is 0 Å². The fraction of sp³-hybridized carbons (Fsp3) is 0.0870. The van der Waals surface area contributed by atoms with Crippen LogP contribution in [0, 0.1) is 22.7 Å². The summed E-state index contributed by atoms with van der Waals surface area (Å²) >= 11 is 0. The van der Waals surface area contributed by atoms with Crippen molar-refractivity contribution in [2.45, 2.75) is 12.8 Å². The summed E-state index contributed by atoms with van der Waals surface area (Å²) in [6.45, 7) is 0.0484. The van der Waals surface area contributed by atoms with Gasteiger partial charge in [0.15, 0.2) is 0 Å². The third-order valence-electron chi connectivity index (χ3n) is 4.18. The van der Waals surface area contributed by atoms with Gasteiger partial charge < -0.3 is 14.5 Å². The van der Waals surface area contributed by atoms with Gasteiger partial charge in [-0.25, -0.2) is 0 Å². The normalized spacial score (nSPS) is 11.3. The minimum atomic E-state index is -4.66. The smallest absolute Gasteiger partial charge is 0.418 e. The Morgan fingerprint density at radius 3 is 2.44 bits per heavy atom. The van der Waals surface area contributed by atoms with Crippen LogP contribution in [0.3, 0.4) is 0 Å². The lowest BCUT2D eigenvalue weighted by Crippen LogP contribution is -2.17. The molecule has 0 radical (unpaired) electrons. The molecule has 0 aliphatic rings. The lowest BCUT2D eigenvalue weighted by molar-refractivity contribution is -0.137. The summed E-state index contributed by atoms with van der Waals surface area (Å²) in [6, 6.07) is 17.6. The molecule has 1 aromatic heterocycles. The van der Waals surface area contributed by atoms with Gasteiger partial charge in [-0.15, -0.1) is 0 Å². The van der Waals surface area contributed by atoms with Crippen LogP contribution in [0.1, 0.15) is 22.6 Å². The minimum Gasteiger partial charge on any atom is -0.486 e. The van der Waals surface area contributed by atoms with Gasteiger partial charge in [-0.3, -0.25) is 4.79 Å². The maximum atomic E-state index is 13.1. The summed E-state index contributed by atoms with van der Waals surface area (Å²) in [4.78, 5) is 12.3. The fourth-order valence-electron chi connectivity index (χ4n) is 2.65. The van der Waals surface area contributed by atoms with Crippen molar-refractivity contribution in [1.82, 2.24) is 0 Å². The number of para-hydroxylation sites is 1. The number of amides is 1. The van der Waals surface area contributed by atoms with Gasteiger partial charge in [0.2, 0.25) is 0 Å². The Balaban J connectivity index is 1.69. The van der Waals surface area contributed by atoms with Gasteiger partial charge in [0, 0.05) is 6.08 Å². The first-order chi connectivity index (χ1) is 15.3. The molecular weight excluding hydrogens is 423 g/mol. The third kappa shape index (κ3) is 5.55. The van der Waals surface area contributed by atoms with Crippen LogP contribution in [0.25, 0.3) is 6.08 Å². The standard InChI is InChI=1S/C23H14F3N3O3/c24-23(25,26)20-3-1-2-4-21(20)29-22(30)16(13-28)11-18-9-10-19(32-18)14-31-17-7-5-15(12-27)6-8-17/h1-11H,14H2,(H,29,30)/b16-11+. The summed E-state index contributed by atoms with van der Waals surface area (Å²) in [5.41, 5.74) is -1.42. The first-order valence-corrected chi connectivity index (χ1v) is 9.11. The molecule has 1 heterocycles. The van der Waals surface area contributed by atoms with E-state index in [1.807, 2.05) is 6.07 Å². The molecule has 160 valence electrons. The van der Waals surface area contributed by atoms with Gasteiger partial charge in [-0.2, -0.15) is 23.7 Å². The maximum absolute atomic E-state index is 13.1. The van der Waals surface area contributed by atoms with Gasteiger partial charge in [0.25, 0.3) is 5.91 Å². The molecule has 3 rings (SSSR count). The molecule has 0 spiro atoms. The van der Waals surface area contributed by atoms with Crippen molar-refractivity contribution in [1.29, 1.82) is 10.5 Å². The second kappa shape index (κ2) is 9.54. The molecule has 0 atom stereocenters. The van der Waals surface area contributed by atoms with E-state index in [1.165, 1.54) is 18.2 Å². The number of benzene rings is 2. The Morgan fingerprint density at radius 2 is 1.78 bits per heavy atom. The van der Waals surface area contributed by atoms with Crippen molar-refractivity contribution in [3.05, 3.63) is 88.9 Å². The number of anilines is 1. The molecule has 0 saturated carbocycles. The zero-order valence-corrected chi connectivity index (χ0v) is 16.3. The SMILES string of the molecule is N#C/C(=C\c1ccc(COc2ccc(C#N)cc2)o1)C(=O)Nc1ccccc1C(F)(F)F. The lowest BCUT2D eigenvalue weighted by atomic mass is 10.1. The van der Waals surface area contributed by atoms with Crippen LogP contribution >= 0.6 is 0 Å². The zero-order chi connectivity index (χ0) is 23.1. The minimum absolute atomic E-state index is 0.0484. The van der Waals surface area contributed by atoms with E-state index in [0.29, 0.717) is 17.1 Å². The second-order valence-electron chi connectivity index (χ2n) is 6.40. The number of nitriles is 2. The molecule has 0 aliphatic heterocycles. The number of furan rings is 1. The van der Waals surface area contributed by atoms with Crippen molar-refractivity contribution in [2.75, 3.05) is 5.32 Å². The van der Waals surface area contributed by atoms with E-state index >= 15 is 0 Å². The van der Waals surface area contributed by atoms with Gasteiger partial charge in [-0.05, 0) is 48.5 Å². The van der Waals surface area contributed by atoms with Crippen molar-refractivity contribution in [2.24, 2.45) is 0 Å². The van der Waals surface area contributed by atoms with Crippen molar-refractivity contribution >= 4 is 17.7 Å². The topological polar surface area (TPSA) is 99.0 Å². The summed E-state index contributed by atoms with van der Waals surface area (Å²) in [5, 5.41) is 20.2. The van der Waals surface area contributed by atoms with Crippen LogP contribution in [-0.2, 0) is 17.6 Å². The number of ether oxygens (including phenoxy) is 1. The number of nitrogens with one attached hydrogen (secondary N) is 1. The quantitative estimate of drug-likeness (QED) is 0.417. The Labute approximate surface area is 180 Å².